The molecule has 0 saturated heterocycles. The topological polar surface area (TPSA) is 57.8 Å². The Morgan fingerprint density at radius 3 is 2.55 bits per heavy atom. The SMILES string of the molecule is COc1cc(-c2nc(/C=C/c3ccc(F)cc3)n(C)n2)ccc1-n1cnc(C)c1. The van der Waals surface area contributed by atoms with Gasteiger partial charge in [0, 0.05) is 18.8 Å². The predicted molar refractivity (Wildman–Crippen MR) is 110 cm³/mol. The number of aryl methyl sites for hydroxylation is 2. The molecule has 2 aromatic carbocycles. The number of nitrogens with zero attached hydrogens (tertiary/aromatic N) is 5. The Balaban J connectivity index is 1.63. The highest BCUT2D eigenvalue weighted by molar-refractivity contribution is 5.69. The van der Waals surface area contributed by atoms with Crippen LogP contribution in [0.4, 0.5) is 4.39 Å². The largest absolute Gasteiger partial charge is 0.495 e. The lowest BCUT2D eigenvalue weighted by molar-refractivity contribution is 0.413. The van der Waals surface area contributed by atoms with Gasteiger partial charge in [0.25, 0.3) is 0 Å². The first-order valence-electron chi connectivity index (χ1n) is 9.07. The molecule has 0 fully saturated rings. The Kier molecular flexibility index (Phi) is 4.95. The molecular formula is C22H20FN5O. The molecule has 0 radical (unpaired) electrons. The van der Waals surface area contributed by atoms with E-state index >= 15 is 0 Å². The van der Waals surface area contributed by atoms with Gasteiger partial charge in [0.1, 0.15) is 11.6 Å². The molecule has 0 spiro atoms. The number of hydrogen-bond acceptors (Lipinski definition) is 4. The monoisotopic (exact) mass is 389 g/mol. The summed E-state index contributed by atoms with van der Waals surface area (Å²) in [6.07, 6.45) is 7.42. The fourth-order valence-corrected chi connectivity index (χ4v) is 2.99. The first-order chi connectivity index (χ1) is 14.0. The summed E-state index contributed by atoms with van der Waals surface area (Å²) in [4.78, 5) is 8.88. The third-order valence-electron chi connectivity index (χ3n) is 4.52. The summed E-state index contributed by atoms with van der Waals surface area (Å²) in [5.74, 6) is 1.73. The number of halogens is 1. The molecule has 4 rings (SSSR count). The normalized spacial score (nSPS) is 11.3. The van der Waals surface area contributed by atoms with Crippen LogP contribution in [0.2, 0.25) is 0 Å². The van der Waals surface area contributed by atoms with Crippen molar-refractivity contribution in [2.45, 2.75) is 6.92 Å². The van der Waals surface area contributed by atoms with Crippen molar-refractivity contribution in [2.24, 2.45) is 7.05 Å². The molecule has 2 heterocycles. The second-order valence-corrected chi connectivity index (χ2v) is 6.61. The Morgan fingerprint density at radius 2 is 1.86 bits per heavy atom. The molecule has 29 heavy (non-hydrogen) atoms. The molecule has 146 valence electrons. The van der Waals surface area contributed by atoms with E-state index in [4.69, 9.17) is 4.74 Å². The smallest absolute Gasteiger partial charge is 0.181 e. The van der Waals surface area contributed by atoms with Gasteiger partial charge in [-0.1, -0.05) is 18.2 Å². The molecule has 0 aliphatic rings. The molecule has 2 aromatic heterocycles. The standard InChI is InChI=1S/C22H20FN5O/c1-15-13-28(14-24-15)19-10-7-17(12-20(19)29-3)22-25-21(27(2)26-22)11-6-16-4-8-18(23)9-5-16/h4-14H,1-3H3/b11-6+. The number of hydrogen-bond donors (Lipinski definition) is 0. The fourth-order valence-electron chi connectivity index (χ4n) is 2.99. The molecule has 0 saturated carbocycles. The molecule has 0 unspecified atom stereocenters. The minimum Gasteiger partial charge on any atom is -0.495 e. The molecule has 0 aliphatic carbocycles. The lowest BCUT2D eigenvalue weighted by Gasteiger charge is -2.10. The predicted octanol–water partition coefficient (Wildman–Crippen LogP) is 4.29. The summed E-state index contributed by atoms with van der Waals surface area (Å²) in [6.45, 7) is 1.94. The van der Waals surface area contributed by atoms with Crippen LogP contribution in [0.3, 0.4) is 0 Å². The number of rotatable bonds is 5. The van der Waals surface area contributed by atoms with Gasteiger partial charge in [0.05, 0.1) is 24.8 Å². The molecule has 0 amide bonds. The lowest BCUT2D eigenvalue weighted by Crippen LogP contribution is -1.96. The number of aromatic nitrogens is 5. The van der Waals surface area contributed by atoms with E-state index in [0.29, 0.717) is 17.4 Å². The second kappa shape index (κ2) is 7.71. The first kappa shape index (κ1) is 18.6. The molecule has 7 heteroatoms. The number of methoxy groups -OCH3 is 1. The quantitative estimate of drug-likeness (QED) is 0.511. The summed E-state index contributed by atoms with van der Waals surface area (Å²) in [5.41, 5.74) is 3.56. The number of imidazole rings is 1. The van der Waals surface area contributed by atoms with E-state index in [1.807, 2.05) is 55.1 Å². The highest BCUT2D eigenvalue weighted by Gasteiger charge is 2.12. The maximum Gasteiger partial charge on any atom is 0.181 e. The highest BCUT2D eigenvalue weighted by Crippen LogP contribution is 2.28. The summed E-state index contributed by atoms with van der Waals surface area (Å²) < 4.78 is 22.2. The van der Waals surface area contributed by atoms with Crippen molar-refractivity contribution in [1.82, 2.24) is 24.3 Å². The van der Waals surface area contributed by atoms with Crippen molar-refractivity contribution in [2.75, 3.05) is 7.11 Å². The van der Waals surface area contributed by atoms with Gasteiger partial charge >= 0.3 is 0 Å². The molecule has 0 atom stereocenters. The van der Waals surface area contributed by atoms with E-state index in [-0.39, 0.29) is 5.82 Å². The van der Waals surface area contributed by atoms with E-state index in [9.17, 15) is 4.39 Å². The van der Waals surface area contributed by atoms with Crippen LogP contribution in [0.25, 0.3) is 29.2 Å². The molecule has 0 N–H and O–H groups in total. The van der Waals surface area contributed by atoms with Crippen LogP contribution < -0.4 is 4.74 Å². The minimum atomic E-state index is -0.258. The van der Waals surface area contributed by atoms with Crippen LogP contribution in [0.15, 0.2) is 55.0 Å². The summed E-state index contributed by atoms with van der Waals surface area (Å²) in [7, 11) is 3.47. The van der Waals surface area contributed by atoms with Crippen LogP contribution in [-0.4, -0.2) is 31.4 Å². The van der Waals surface area contributed by atoms with Gasteiger partial charge in [-0.2, -0.15) is 5.10 Å². The summed E-state index contributed by atoms with van der Waals surface area (Å²) in [6, 6.07) is 12.1. The van der Waals surface area contributed by atoms with Gasteiger partial charge in [0.2, 0.25) is 0 Å². The van der Waals surface area contributed by atoms with Gasteiger partial charge in [-0.15, -0.1) is 0 Å². The fraction of sp³-hybridized carbons (Fsp3) is 0.136. The molecule has 0 aliphatic heterocycles. The van der Waals surface area contributed by atoms with E-state index in [0.717, 1.165) is 22.5 Å². The van der Waals surface area contributed by atoms with Crippen LogP contribution in [-0.2, 0) is 7.05 Å². The van der Waals surface area contributed by atoms with Gasteiger partial charge in [-0.25, -0.2) is 19.0 Å². The summed E-state index contributed by atoms with van der Waals surface area (Å²) >= 11 is 0. The zero-order valence-corrected chi connectivity index (χ0v) is 16.4. The van der Waals surface area contributed by atoms with Crippen molar-refractivity contribution >= 4 is 12.2 Å². The zero-order valence-electron chi connectivity index (χ0n) is 16.4. The van der Waals surface area contributed by atoms with Crippen LogP contribution >= 0.6 is 0 Å². The highest BCUT2D eigenvalue weighted by atomic mass is 19.1. The zero-order chi connectivity index (χ0) is 20.4. The van der Waals surface area contributed by atoms with Crippen molar-refractivity contribution in [3.8, 4) is 22.8 Å². The van der Waals surface area contributed by atoms with Gasteiger partial charge in [0.15, 0.2) is 11.6 Å². The van der Waals surface area contributed by atoms with Crippen molar-refractivity contribution < 1.29 is 9.13 Å². The number of benzene rings is 2. The van der Waals surface area contributed by atoms with E-state index < -0.39 is 0 Å². The van der Waals surface area contributed by atoms with Gasteiger partial charge in [-0.3, -0.25) is 0 Å². The van der Waals surface area contributed by atoms with Gasteiger partial charge < -0.3 is 9.30 Å². The summed E-state index contributed by atoms with van der Waals surface area (Å²) in [5, 5.41) is 4.51. The molecule has 4 aromatic rings. The molecular weight excluding hydrogens is 369 g/mol. The molecule has 0 bridgehead atoms. The average Bonchev–Trinajstić information content (AvgIpc) is 3.32. The Morgan fingerprint density at radius 1 is 1.07 bits per heavy atom. The lowest BCUT2D eigenvalue weighted by atomic mass is 10.1. The average molecular weight is 389 g/mol. The third-order valence-corrected chi connectivity index (χ3v) is 4.52. The third kappa shape index (κ3) is 3.94. The van der Waals surface area contributed by atoms with Crippen molar-refractivity contribution in [3.05, 3.63) is 77.9 Å². The van der Waals surface area contributed by atoms with Crippen molar-refractivity contribution in [1.29, 1.82) is 0 Å². The van der Waals surface area contributed by atoms with E-state index in [2.05, 4.69) is 15.1 Å². The van der Waals surface area contributed by atoms with E-state index in [1.54, 1.807) is 30.3 Å². The van der Waals surface area contributed by atoms with Gasteiger partial charge in [-0.05, 0) is 48.9 Å². The second-order valence-electron chi connectivity index (χ2n) is 6.61. The number of ether oxygens (including phenoxy) is 1. The first-order valence-corrected chi connectivity index (χ1v) is 9.07. The maximum atomic E-state index is 13.0. The van der Waals surface area contributed by atoms with Crippen LogP contribution in [0.5, 0.6) is 5.75 Å². The Hall–Kier alpha value is -3.74. The minimum absolute atomic E-state index is 0.258. The van der Waals surface area contributed by atoms with Crippen LogP contribution in [0.1, 0.15) is 17.1 Å². The Bertz CT molecular complexity index is 1170. The van der Waals surface area contributed by atoms with Crippen molar-refractivity contribution in [3.63, 3.8) is 0 Å². The van der Waals surface area contributed by atoms with E-state index in [1.165, 1.54) is 12.1 Å². The van der Waals surface area contributed by atoms with Crippen LogP contribution in [0, 0.1) is 12.7 Å². The Labute approximate surface area is 167 Å². The maximum absolute atomic E-state index is 13.0. The molecule has 6 nitrogen and oxygen atoms in total.